The van der Waals surface area contributed by atoms with E-state index >= 15 is 0 Å². The first kappa shape index (κ1) is 19.2. The number of benzene rings is 2. The molecule has 0 aromatic heterocycles. The lowest BCUT2D eigenvalue weighted by Crippen LogP contribution is -2.51. The van der Waals surface area contributed by atoms with Crippen molar-refractivity contribution < 1.29 is 13.2 Å². The lowest BCUT2D eigenvalue weighted by atomic mass is 10.0. The maximum absolute atomic E-state index is 13.7. The van der Waals surface area contributed by atoms with E-state index in [-0.39, 0.29) is 11.9 Å². The van der Waals surface area contributed by atoms with Gasteiger partial charge in [0.25, 0.3) is 0 Å². The Hall–Kier alpha value is -2.14. The van der Waals surface area contributed by atoms with Gasteiger partial charge in [-0.05, 0) is 67.9 Å². The summed E-state index contributed by atoms with van der Waals surface area (Å²) in [5.74, 6) is -0.326. The highest BCUT2D eigenvalue weighted by Gasteiger charge is 2.53. The molecule has 0 aliphatic heterocycles. The van der Waals surface area contributed by atoms with Crippen molar-refractivity contribution >= 4 is 15.7 Å². The van der Waals surface area contributed by atoms with Crippen LogP contribution < -0.4 is 5.32 Å². The van der Waals surface area contributed by atoms with Gasteiger partial charge in [-0.2, -0.15) is 0 Å². The Labute approximate surface area is 167 Å². The van der Waals surface area contributed by atoms with Crippen LogP contribution in [0.2, 0.25) is 0 Å². The molecule has 1 saturated carbocycles. The monoisotopic (exact) mass is 397 g/mol. The Morgan fingerprint density at radius 3 is 2.54 bits per heavy atom. The highest BCUT2D eigenvalue weighted by molar-refractivity contribution is 7.93. The largest absolute Gasteiger partial charge is 0.348 e. The molecule has 4 rings (SSSR count). The number of hydrogen-bond acceptors (Lipinski definition) is 3. The van der Waals surface area contributed by atoms with Crippen molar-refractivity contribution in [2.24, 2.45) is 0 Å². The Morgan fingerprint density at radius 2 is 1.79 bits per heavy atom. The summed E-state index contributed by atoms with van der Waals surface area (Å²) >= 11 is 0. The van der Waals surface area contributed by atoms with Crippen molar-refractivity contribution in [3.8, 4) is 0 Å². The van der Waals surface area contributed by atoms with Crippen LogP contribution in [0.5, 0.6) is 0 Å². The van der Waals surface area contributed by atoms with E-state index in [9.17, 15) is 13.2 Å². The molecule has 148 valence electrons. The van der Waals surface area contributed by atoms with Crippen molar-refractivity contribution in [3.63, 3.8) is 0 Å². The molecule has 2 aliphatic carbocycles. The number of hydrogen-bond donors (Lipinski definition) is 1. The summed E-state index contributed by atoms with van der Waals surface area (Å²) in [4.78, 5) is 13.8. The standard InChI is InChI=1S/C23H27NO3S/c1-16-9-10-17(2)21(15-16)28(26,27)23(13-5-6-14-23)22(25)24-20-12-11-18-7-3-4-8-19(18)20/h3-4,7-10,15,20H,5-6,11-14H2,1-2H3,(H,24,25)/t20-/m0/s1. The van der Waals surface area contributed by atoms with E-state index in [2.05, 4.69) is 11.4 Å². The molecule has 4 nitrogen and oxygen atoms in total. The SMILES string of the molecule is Cc1ccc(C)c(S(=O)(=O)C2(C(=O)N[C@H]3CCc4ccccc43)CCCC2)c1. The number of carbonyl (C=O) groups excluding carboxylic acids is 1. The molecule has 1 fully saturated rings. The number of amides is 1. The van der Waals surface area contributed by atoms with E-state index in [1.165, 1.54) is 5.56 Å². The molecule has 1 N–H and O–H groups in total. The molecule has 1 amide bonds. The fourth-order valence-electron chi connectivity index (χ4n) is 4.77. The molecule has 1 atom stereocenters. The minimum atomic E-state index is -3.78. The molecule has 0 bridgehead atoms. The van der Waals surface area contributed by atoms with Gasteiger partial charge < -0.3 is 5.32 Å². The lowest BCUT2D eigenvalue weighted by molar-refractivity contribution is -0.124. The van der Waals surface area contributed by atoms with Crippen molar-refractivity contribution in [1.82, 2.24) is 5.32 Å². The normalized spacial score (nSPS) is 20.7. The topological polar surface area (TPSA) is 63.2 Å². The van der Waals surface area contributed by atoms with Crippen molar-refractivity contribution in [1.29, 1.82) is 0 Å². The number of carbonyl (C=O) groups is 1. The quantitative estimate of drug-likeness (QED) is 0.841. The maximum Gasteiger partial charge on any atom is 0.242 e. The van der Waals surface area contributed by atoms with Gasteiger partial charge in [-0.1, -0.05) is 49.2 Å². The third kappa shape index (κ3) is 2.96. The summed E-state index contributed by atoms with van der Waals surface area (Å²) in [7, 11) is -3.78. The predicted octanol–water partition coefficient (Wildman–Crippen LogP) is 4.19. The molecule has 5 heteroatoms. The van der Waals surface area contributed by atoms with Gasteiger partial charge in [-0.15, -0.1) is 0 Å². The van der Waals surface area contributed by atoms with Gasteiger partial charge in [0.05, 0.1) is 10.9 Å². The summed E-state index contributed by atoms with van der Waals surface area (Å²) in [6.07, 6.45) is 4.05. The predicted molar refractivity (Wildman–Crippen MR) is 110 cm³/mol. The molecule has 0 radical (unpaired) electrons. The number of nitrogens with one attached hydrogen (secondary N) is 1. The second kappa shape index (κ2) is 7.03. The molecule has 0 unspecified atom stereocenters. The van der Waals surface area contributed by atoms with Gasteiger partial charge in [0.2, 0.25) is 5.91 Å². The van der Waals surface area contributed by atoms with Gasteiger partial charge >= 0.3 is 0 Å². The minimum absolute atomic E-state index is 0.102. The van der Waals surface area contributed by atoms with Crippen LogP contribution in [0.25, 0.3) is 0 Å². The lowest BCUT2D eigenvalue weighted by Gasteiger charge is -2.30. The van der Waals surface area contributed by atoms with E-state index in [0.717, 1.165) is 36.8 Å². The van der Waals surface area contributed by atoms with Gasteiger partial charge in [-0.3, -0.25) is 4.79 Å². The fourth-order valence-corrected chi connectivity index (χ4v) is 7.15. The van der Waals surface area contributed by atoms with Gasteiger partial charge in [0, 0.05) is 0 Å². The first-order chi connectivity index (χ1) is 13.3. The number of aryl methyl sites for hydroxylation is 3. The number of rotatable bonds is 4. The van der Waals surface area contributed by atoms with Crippen LogP contribution in [0.3, 0.4) is 0 Å². The molecule has 2 aromatic carbocycles. The van der Waals surface area contributed by atoms with Crippen LogP contribution in [0.15, 0.2) is 47.4 Å². The minimum Gasteiger partial charge on any atom is -0.348 e. The van der Waals surface area contributed by atoms with Gasteiger partial charge in [0.15, 0.2) is 14.6 Å². The highest BCUT2D eigenvalue weighted by Crippen LogP contribution is 2.43. The molecule has 0 spiro atoms. The Bertz CT molecular complexity index is 1020. The zero-order chi connectivity index (χ0) is 19.9. The molecule has 2 aliphatic rings. The van der Waals surface area contributed by atoms with E-state index in [1.807, 2.05) is 37.3 Å². The Kier molecular flexibility index (Phi) is 4.82. The van der Waals surface area contributed by atoms with Crippen LogP contribution in [0.1, 0.15) is 60.4 Å². The summed E-state index contributed by atoms with van der Waals surface area (Å²) in [5, 5.41) is 3.11. The smallest absolute Gasteiger partial charge is 0.242 e. The summed E-state index contributed by atoms with van der Waals surface area (Å²) in [6.45, 7) is 3.69. The Balaban J connectivity index is 1.70. The zero-order valence-corrected chi connectivity index (χ0v) is 17.3. The average Bonchev–Trinajstić information content (AvgIpc) is 3.32. The van der Waals surface area contributed by atoms with Crippen molar-refractivity contribution in [3.05, 3.63) is 64.7 Å². The van der Waals surface area contributed by atoms with Gasteiger partial charge in [-0.25, -0.2) is 8.42 Å². The van der Waals surface area contributed by atoms with E-state index < -0.39 is 14.6 Å². The number of fused-ring (bicyclic) bond motifs is 1. The van der Waals surface area contributed by atoms with Crippen LogP contribution in [0.4, 0.5) is 0 Å². The Morgan fingerprint density at radius 1 is 1.07 bits per heavy atom. The van der Waals surface area contributed by atoms with Crippen molar-refractivity contribution in [2.45, 2.75) is 68.1 Å². The highest BCUT2D eigenvalue weighted by atomic mass is 32.2. The molecule has 0 heterocycles. The first-order valence-corrected chi connectivity index (χ1v) is 11.5. The third-order valence-corrected chi connectivity index (χ3v) is 9.05. The average molecular weight is 398 g/mol. The van der Waals surface area contributed by atoms with E-state index in [0.29, 0.717) is 23.3 Å². The molecule has 2 aromatic rings. The van der Waals surface area contributed by atoms with Crippen molar-refractivity contribution in [2.75, 3.05) is 0 Å². The molecule has 28 heavy (non-hydrogen) atoms. The number of sulfone groups is 1. The second-order valence-corrected chi connectivity index (χ2v) is 10.5. The van der Waals surface area contributed by atoms with Crippen LogP contribution in [0, 0.1) is 13.8 Å². The summed E-state index contributed by atoms with van der Waals surface area (Å²) < 4.78 is 26.1. The van der Waals surface area contributed by atoms with Gasteiger partial charge in [0.1, 0.15) is 0 Å². The summed E-state index contributed by atoms with van der Waals surface area (Å²) in [6, 6.07) is 13.4. The first-order valence-electron chi connectivity index (χ1n) is 10.1. The van der Waals surface area contributed by atoms with Crippen LogP contribution >= 0.6 is 0 Å². The summed E-state index contributed by atoms with van der Waals surface area (Å²) in [5.41, 5.74) is 3.96. The molecular weight excluding hydrogens is 370 g/mol. The van der Waals surface area contributed by atoms with Crippen LogP contribution in [-0.4, -0.2) is 19.1 Å². The third-order valence-electron chi connectivity index (χ3n) is 6.41. The van der Waals surface area contributed by atoms with E-state index in [4.69, 9.17) is 0 Å². The zero-order valence-electron chi connectivity index (χ0n) is 16.5. The fraction of sp³-hybridized carbons (Fsp3) is 0.435. The molecule has 0 saturated heterocycles. The van der Waals surface area contributed by atoms with E-state index in [1.54, 1.807) is 13.0 Å². The van der Waals surface area contributed by atoms with Crippen LogP contribution in [-0.2, 0) is 21.1 Å². The second-order valence-electron chi connectivity index (χ2n) is 8.24. The maximum atomic E-state index is 13.7. The molecular formula is C23H27NO3S.